The maximum absolute atomic E-state index is 6.16. The van der Waals surface area contributed by atoms with Gasteiger partial charge < -0.3 is 0 Å². The van der Waals surface area contributed by atoms with Crippen LogP contribution in [0, 0.1) is 0 Å². The number of benzene rings is 2. The van der Waals surface area contributed by atoms with Crippen LogP contribution in [0.2, 0.25) is 5.02 Å². The second-order valence-corrected chi connectivity index (χ2v) is 4.70. The lowest BCUT2D eigenvalue weighted by Crippen LogP contribution is -1.92. The maximum Gasteiger partial charge on any atom is 0.0454 e. The molecule has 3 aromatic rings. The number of hydrogen-bond donors (Lipinski definition) is 0. The molecule has 18 heavy (non-hydrogen) atoms. The van der Waals surface area contributed by atoms with Crippen LogP contribution in [0.25, 0.3) is 10.8 Å². The first-order valence-electron chi connectivity index (χ1n) is 5.90. The molecule has 1 heterocycles. The number of aromatic nitrogens is 1. The topological polar surface area (TPSA) is 12.9 Å². The molecule has 88 valence electrons. The molecule has 0 saturated heterocycles. The molecular weight excluding hydrogens is 242 g/mol. The van der Waals surface area contributed by atoms with Crippen LogP contribution in [0.3, 0.4) is 0 Å². The van der Waals surface area contributed by atoms with Gasteiger partial charge in [-0.2, -0.15) is 0 Å². The lowest BCUT2D eigenvalue weighted by atomic mass is 10.1. The number of rotatable bonds is 2. The van der Waals surface area contributed by atoms with Gasteiger partial charge in [-0.1, -0.05) is 54.1 Å². The van der Waals surface area contributed by atoms with E-state index in [-0.39, 0.29) is 0 Å². The Morgan fingerprint density at radius 3 is 2.44 bits per heavy atom. The zero-order valence-electron chi connectivity index (χ0n) is 9.81. The zero-order valence-corrected chi connectivity index (χ0v) is 10.6. The van der Waals surface area contributed by atoms with Gasteiger partial charge in [0, 0.05) is 28.7 Å². The summed E-state index contributed by atoms with van der Waals surface area (Å²) in [4.78, 5) is 4.48. The summed E-state index contributed by atoms with van der Waals surface area (Å²) < 4.78 is 0. The van der Waals surface area contributed by atoms with Crippen molar-refractivity contribution in [3.05, 3.63) is 77.1 Å². The van der Waals surface area contributed by atoms with Gasteiger partial charge in [0.1, 0.15) is 0 Å². The molecular formula is C16H12ClN. The Morgan fingerprint density at radius 2 is 1.61 bits per heavy atom. The van der Waals surface area contributed by atoms with Crippen LogP contribution >= 0.6 is 11.6 Å². The zero-order chi connectivity index (χ0) is 12.4. The molecule has 2 heteroatoms. The Kier molecular flexibility index (Phi) is 2.99. The van der Waals surface area contributed by atoms with E-state index in [0.29, 0.717) is 0 Å². The van der Waals surface area contributed by atoms with E-state index in [2.05, 4.69) is 23.2 Å². The summed E-state index contributed by atoms with van der Waals surface area (Å²) in [5.41, 5.74) is 2.16. The molecule has 0 aliphatic rings. The van der Waals surface area contributed by atoms with Crippen molar-refractivity contribution < 1.29 is 0 Å². The first-order chi connectivity index (χ1) is 8.83. The summed E-state index contributed by atoms with van der Waals surface area (Å²) in [6, 6.07) is 18.3. The first-order valence-corrected chi connectivity index (χ1v) is 6.28. The van der Waals surface area contributed by atoms with E-state index >= 15 is 0 Å². The smallest absolute Gasteiger partial charge is 0.0454 e. The van der Waals surface area contributed by atoms with Gasteiger partial charge >= 0.3 is 0 Å². The van der Waals surface area contributed by atoms with Crippen LogP contribution in [-0.4, -0.2) is 4.98 Å². The van der Waals surface area contributed by atoms with Crippen molar-refractivity contribution in [2.45, 2.75) is 6.42 Å². The monoisotopic (exact) mass is 253 g/mol. The average Bonchev–Trinajstić information content (AvgIpc) is 2.41. The van der Waals surface area contributed by atoms with Crippen LogP contribution in [0.1, 0.15) is 11.3 Å². The van der Waals surface area contributed by atoms with E-state index in [1.54, 1.807) is 0 Å². The minimum atomic E-state index is 0.768. The van der Waals surface area contributed by atoms with Crippen LogP contribution < -0.4 is 0 Å². The number of hydrogen-bond acceptors (Lipinski definition) is 1. The molecule has 0 aliphatic carbocycles. The number of fused-ring (bicyclic) bond motifs is 1. The van der Waals surface area contributed by atoms with E-state index in [0.717, 1.165) is 22.7 Å². The predicted octanol–water partition coefficient (Wildman–Crippen LogP) is 4.48. The summed E-state index contributed by atoms with van der Waals surface area (Å²) in [7, 11) is 0. The van der Waals surface area contributed by atoms with E-state index in [1.807, 2.05) is 42.6 Å². The van der Waals surface area contributed by atoms with Gasteiger partial charge in [0.25, 0.3) is 0 Å². The van der Waals surface area contributed by atoms with E-state index in [9.17, 15) is 0 Å². The molecule has 0 amide bonds. The fourth-order valence-electron chi connectivity index (χ4n) is 2.06. The van der Waals surface area contributed by atoms with Crippen LogP contribution in [0.4, 0.5) is 0 Å². The number of halogens is 1. The summed E-state index contributed by atoms with van der Waals surface area (Å²) in [6.07, 6.45) is 2.69. The third-order valence-corrected chi connectivity index (χ3v) is 3.39. The van der Waals surface area contributed by atoms with Gasteiger partial charge in [0.2, 0.25) is 0 Å². The second kappa shape index (κ2) is 4.79. The van der Waals surface area contributed by atoms with Crippen LogP contribution in [-0.2, 0) is 6.42 Å². The minimum absolute atomic E-state index is 0.768. The molecule has 0 bridgehead atoms. The summed E-state index contributed by atoms with van der Waals surface area (Å²) >= 11 is 6.16. The Hall–Kier alpha value is -1.86. The molecule has 0 aliphatic heterocycles. The van der Waals surface area contributed by atoms with Gasteiger partial charge in [0.05, 0.1) is 0 Å². The number of nitrogens with zero attached hydrogens (tertiary/aromatic N) is 1. The third kappa shape index (κ3) is 2.22. The molecule has 0 spiro atoms. The Balaban J connectivity index is 1.98. The van der Waals surface area contributed by atoms with Crippen LogP contribution in [0.15, 0.2) is 60.8 Å². The van der Waals surface area contributed by atoms with Gasteiger partial charge in [-0.05, 0) is 23.1 Å². The van der Waals surface area contributed by atoms with Gasteiger partial charge in [0.15, 0.2) is 0 Å². The molecule has 0 saturated carbocycles. The highest BCUT2D eigenvalue weighted by atomic mass is 35.5. The molecule has 0 radical (unpaired) electrons. The van der Waals surface area contributed by atoms with Gasteiger partial charge in [-0.25, -0.2) is 0 Å². The van der Waals surface area contributed by atoms with Gasteiger partial charge in [-0.3, -0.25) is 4.98 Å². The van der Waals surface area contributed by atoms with E-state index < -0.39 is 0 Å². The molecule has 0 N–H and O–H groups in total. The van der Waals surface area contributed by atoms with Crippen molar-refractivity contribution in [2.75, 3.05) is 0 Å². The predicted molar refractivity (Wildman–Crippen MR) is 76.0 cm³/mol. The summed E-state index contributed by atoms with van der Waals surface area (Å²) in [5, 5.41) is 3.18. The minimum Gasteiger partial charge on any atom is -0.260 e. The van der Waals surface area contributed by atoms with E-state index in [4.69, 9.17) is 11.6 Å². The van der Waals surface area contributed by atoms with Crippen LogP contribution in [0.5, 0.6) is 0 Å². The van der Waals surface area contributed by atoms with Crippen molar-refractivity contribution in [1.29, 1.82) is 0 Å². The largest absolute Gasteiger partial charge is 0.260 e. The third-order valence-electron chi connectivity index (χ3n) is 3.02. The lowest BCUT2D eigenvalue weighted by Gasteiger charge is -2.05. The fraction of sp³-hybridized carbons (Fsp3) is 0.0625. The highest BCUT2D eigenvalue weighted by molar-refractivity contribution is 6.31. The molecule has 3 rings (SSSR count). The SMILES string of the molecule is Clc1ccccc1Cc1cc2ccccc2cn1. The molecule has 0 unspecified atom stereocenters. The fourth-order valence-corrected chi connectivity index (χ4v) is 2.27. The molecule has 1 aromatic heterocycles. The van der Waals surface area contributed by atoms with Gasteiger partial charge in [-0.15, -0.1) is 0 Å². The normalized spacial score (nSPS) is 10.7. The van der Waals surface area contributed by atoms with E-state index in [1.165, 1.54) is 10.8 Å². The van der Waals surface area contributed by atoms with Crippen molar-refractivity contribution in [3.63, 3.8) is 0 Å². The maximum atomic E-state index is 6.16. The molecule has 1 nitrogen and oxygen atoms in total. The van der Waals surface area contributed by atoms with Crippen molar-refractivity contribution in [2.24, 2.45) is 0 Å². The molecule has 0 fully saturated rings. The quantitative estimate of drug-likeness (QED) is 0.656. The number of pyridine rings is 1. The summed E-state index contributed by atoms with van der Waals surface area (Å²) in [6.45, 7) is 0. The molecule has 0 atom stereocenters. The van der Waals surface area contributed by atoms with Crippen molar-refractivity contribution in [1.82, 2.24) is 4.98 Å². The Morgan fingerprint density at radius 1 is 0.889 bits per heavy atom. The first kappa shape index (κ1) is 11.2. The standard InChI is InChI=1S/C16H12ClN/c17-16-8-4-3-6-13(16)10-15-9-12-5-1-2-7-14(12)11-18-15/h1-9,11H,10H2. The highest BCUT2D eigenvalue weighted by Crippen LogP contribution is 2.20. The molecule has 2 aromatic carbocycles. The second-order valence-electron chi connectivity index (χ2n) is 4.29. The Labute approximate surface area is 111 Å². The Bertz CT molecular complexity index is 691. The highest BCUT2D eigenvalue weighted by Gasteiger charge is 2.03. The van der Waals surface area contributed by atoms with Crippen molar-refractivity contribution >= 4 is 22.4 Å². The summed E-state index contributed by atoms with van der Waals surface area (Å²) in [5.74, 6) is 0. The lowest BCUT2D eigenvalue weighted by molar-refractivity contribution is 1.09. The average molecular weight is 254 g/mol. The van der Waals surface area contributed by atoms with Crippen molar-refractivity contribution in [3.8, 4) is 0 Å².